The molecule has 2 fully saturated rings. The molecule has 22 heavy (non-hydrogen) atoms. The van der Waals surface area contributed by atoms with Crippen molar-refractivity contribution in [2.75, 3.05) is 0 Å². The van der Waals surface area contributed by atoms with Gasteiger partial charge in [0.15, 0.2) is 0 Å². The van der Waals surface area contributed by atoms with Crippen LogP contribution in [0.1, 0.15) is 63.9 Å². The molecule has 0 N–H and O–H groups in total. The molecule has 2 saturated carbocycles. The molecular weight excluding hydrogens is 275 g/mol. The maximum atomic E-state index is 13.6. The van der Waals surface area contributed by atoms with Gasteiger partial charge in [0.25, 0.3) is 0 Å². The number of aryl methyl sites for hydroxylation is 1. The summed E-state index contributed by atoms with van der Waals surface area (Å²) in [5.41, 5.74) is 0.683. The van der Waals surface area contributed by atoms with Crippen LogP contribution in [0.15, 0.2) is 18.2 Å². The number of benzene rings is 1. The summed E-state index contributed by atoms with van der Waals surface area (Å²) in [6, 6.07) is 5.23. The van der Waals surface area contributed by atoms with Crippen molar-refractivity contribution in [2.45, 2.75) is 71.3 Å². The minimum absolute atomic E-state index is 0.164. The molecule has 3 rings (SSSR count). The molecular formula is C20H29FO. The Morgan fingerprint density at radius 1 is 0.909 bits per heavy atom. The molecule has 2 heteroatoms. The van der Waals surface area contributed by atoms with Crippen LogP contribution in [-0.2, 0) is 0 Å². The van der Waals surface area contributed by atoms with E-state index in [0.29, 0.717) is 11.3 Å². The van der Waals surface area contributed by atoms with Gasteiger partial charge in [-0.2, -0.15) is 0 Å². The molecule has 0 saturated heterocycles. The monoisotopic (exact) mass is 304 g/mol. The Labute approximate surface area is 134 Å². The van der Waals surface area contributed by atoms with E-state index in [1.54, 1.807) is 13.0 Å². The van der Waals surface area contributed by atoms with Crippen LogP contribution >= 0.6 is 0 Å². The number of rotatable bonds is 3. The largest absolute Gasteiger partial charge is 0.490 e. The Morgan fingerprint density at radius 3 is 2.09 bits per heavy atom. The van der Waals surface area contributed by atoms with Crippen LogP contribution in [0, 0.1) is 30.5 Å². The molecule has 0 radical (unpaired) electrons. The Balaban J connectivity index is 1.48. The highest BCUT2D eigenvalue weighted by Gasteiger charge is 2.30. The zero-order chi connectivity index (χ0) is 15.5. The van der Waals surface area contributed by atoms with Crippen LogP contribution in [0.25, 0.3) is 0 Å². The third-order valence-electron chi connectivity index (χ3n) is 5.89. The molecule has 0 atom stereocenters. The maximum absolute atomic E-state index is 13.6. The number of hydrogen-bond acceptors (Lipinski definition) is 1. The van der Waals surface area contributed by atoms with Gasteiger partial charge in [-0.3, -0.25) is 0 Å². The average Bonchev–Trinajstić information content (AvgIpc) is 2.53. The van der Waals surface area contributed by atoms with E-state index in [4.69, 9.17) is 4.74 Å². The lowest BCUT2D eigenvalue weighted by atomic mass is 9.71. The van der Waals surface area contributed by atoms with Crippen LogP contribution < -0.4 is 4.74 Å². The average molecular weight is 304 g/mol. The van der Waals surface area contributed by atoms with Crippen molar-refractivity contribution in [1.29, 1.82) is 0 Å². The molecule has 1 nitrogen and oxygen atoms in total. The van der Waals surface area contributed by atoms with Crippen LogP contribution in [0.3, 0.4) is 0 Å². The lowest BCUT2D eigenvalue weighted by molar-refractivity contribution is 0.0934. The Kier molecular flexibility index (Phi) is 5.05. The predicted octanol–water partition coefficient (Wildman–Crippen LogP) is 5.90. The third kappa shape index (κ3) is 3.83. The van der Waals surface area contributed by atoms with Gasteiger partial charge in [-0.25, -0.2) is 4.39 Å². The molecule has 1 aromatic rings. The first-order valence-corrected chi connectivity index (χ1v) is 9.04. The zero-order valence-corrected chi connectivity index (χ0v) is 14.0. The molecule has 122 valence electrons. The topological polar surface area (TPSA) is 9.23 Å². The second kappa shape index (κ2) is 7.02. The van der Waals surface area contributed by atoms with Crippen molar-refractivity contribution in [3.8, 4) is 5.75 Å². The highest BCUT2D eigenvalue weighted by atomic mass is 19.1. The van der Waals surface area contributed by atoms with Crippen LogP contribution in [0.5, 0.6) is 5.75 Å². The molecule has 2 aliphatic carbocycles. The Morgan fingerprint density at radius 2 is 1.50 bits per heavy atom. The highest BCUT2D eigenvalue weighted by molar-refractivity contribution is 5.28. The van der Waals surface area contributed by atoms with Gasteiger partial charge in [-0.15, -0.1) is 0 Å². The fraction of sp³-hybridized carbons (Fsp3) is 0.700. The summed E-state index contributed by atoms with van der Waals surface area (Å²) in [6.45, 7) is 4.18. The summed E-state index contributed by atoms with van der Waals surface area (Å²) >= 11 is 0. The number of hydrogen-bond donors (Lipinski definition) is 0. The van der Waals surface area contributed by atoms with Crippen LogP contribution in [0.2, 0.25) is 0 Å². The third-order valence-corrected chi connectivity index (χ3v) is 5.89. The van der Waals surface area contributed by atoms with E-state index in [1.807, 2.05) is 6.07 Å². The zero-order valence-electron chi connectivity index (χ0n) is 14.0. The van der Waals surface area contributed by atoms with Gasteiger partial charge < -0.3 is 4.74 Å². The van der Waals surface area contributed by atoms with Gasteiger partial charge in [-0.05, 0) is 74.8 Å². The fourth-order valence-corrected chi connectivity index (χ4v) is 4.27. The maximum Gasteiger partial charge on any atom is 0.129 e. The molecule has 2 aliphatic rings. The van der Waals surface area contributed by atoms with E-state index in [1.165, 1.54) is 44.6 Å². The summed E-state index contributed by atoms with van der Waals surface area (Å²) in [5.74, 6) is 3.32. The van der Waals surface area contributed by atoms with Gasteiger partial charge in [-0.1, -0.05) is 25.8 Å². The molecule has 0 aromatic heterocycles. The van der Waals surface area contributed by atoms with Crippen molar-refractivity contribution >= 4 is 0 Å². The smallest absolute Gasteiger partial charge is 0.129 e. The van der Waals surface area contributed by atoms with Crippen LogP contribution in [0.4, 0.5) is 4.39 Å². The summed E-state index contributed by atoms with van der Waals surface area (Å²) in [7, 11) is 0. The van der Waals surface area contributed by atoms with E-state index in [0.717, 1.165) is 30.6 Å². The van der Waals surface area contributed by atoms with Crippen molar-refractivity contribution in [2.24, 2.45) is 17.8 Å². The van der Waals surface area contributed by atoms with E-state index >= 15 is 0 Å². The molecule has 0 heterocycles. The fourth-order valence-electron chi connectivity index (χ4n) is 4.27. The van der Waals surface area contributed by atoms with Gasteiger partial charge >= 0.3 is 0 Å². The highest BCUT2D eigenvalue weighted by Crippen LogP contribution is 2.40. The molecule has 0 unspecified atom stereocenters. The molecule has 0 amide bonds. The first-order chi connectivity index (χ1) is 10.6. The van der Waals surface area contributed by atoms with Gasteiger partial charge in [0, 0.05) is 6.07 Å². The standard InChI is InChI=1S/C20H29FO/c1-14-3-6-16(7-4-14)17-8-11-18(12-9-17)22-19-10-5-15(2)20(21)13-19/h5,10,13-14,16-18H,3-4,6-9,11-12H2,1-2H3. The lowest BCUT2D eigenvalue weighted by Gasteiger charge is -2.37. The first-order valence-electron chi connectivity index (χ1n) is 9.04. The SMILES string of the molecule is Cc1ccc(OC2CCC(C3CCC(C)CC3)CC2)cc1F. The summed E-state index contributed by atoms with van der Waals surface area (Å²) in [5, 5.41) is 0. The van der Waals surface area contributed by atoms with Crippen molar-refractivity contribution in [3.05, 3.63) is 29.6 Å². The molecule has 0 spiro atoms. The minimum atomic E-state index is -0.164. The molecule has 0 bridgehead atoms. The second-order valence-corrected chi connectivity index (χ2v) is 7.59. The summed E-state index contributed by atoms with van der Waals surface area (Å²) in [6.07, 6.45) is 10.8. The summed E-state index contributed by atoms with van der Waals surface area (Å²) in [4.78, 5) is 0. The van der Waals surface area contributed by atoms with Crippen molar-refractivity contribution in [3.63, 3.8) is 0 Å². The molecule has 0 aliphatic heterocycles. The van der Waals surface area contributed by atoms with Gasteiger partial charge in [0.1, 0.15) is 11.6 Å². The summed E-state index contributed by atoms with van der Waals surface area (Å²) < 4.78 is 19.6. The van der Waals surface area contributed by atoms with Crippen LogP contribution in [-0.4, -0.2) is 6.10 Å². The first kappa shape index (κ1) is 15.8. The minimum Gasteiger partial charge on any atom is -0.490 e. The van der Waals surface area contributed by atoms with Crippen molar-refractivity contribution in [1.82, 2.24) is 0 Å². The predicted molar refractivity (Wildman–Crippen MR) is 88.6 cm³/mol. The second-order valence-electron chi connectivity index (χ2n) is 7.59. The van der Waals surface area contributed by atoms with Gasteiger partial charge in [0.05, 0.1) is 6.10 Å². The normalized spacial score (nSPS) is 32.7. The van der Waals surface area contributed by atoms with E-state index in [2.05, 4.69) is 6.92 Å². The molecule has 1 aromatic carbocycles. The Bertz CT molecular complexity index is 482. The van der Waals surface area contributed by atoms with Gasteiger partial charge in [0.2, 0.25) is 0 Å². The Hall–Kier alpha value is -1.05. The quantitative estimate of drug-likeness (QED) is 0.675. The van der Waals surface area contributed by atoms with Crippen molar-refractivity contribution < 1.29 is 9.13 Å². The number of halogens is 1. The van der Waals surface area contributed by atoms with E-state index in [-0.39, 0.29) is 11.9 Å². The lowest BCUT2D eigenvalue weighted by Crippen LogP contribution is -2.29. The number of ether oxygens (including phenoxy) is 1. The van der Waals surface area contributed by atoms with E-state index in [9.17, 15) is 4.39 Å². The van der Waals surface area contributed by atoms with E-state index < -0.39 is 0 Å².